The molecule has 9 rings (SSSR count). The van der Waals surface area contributed by atoms with E-state index in [4.69, 9.17) is 16.7 Å². The number of carbonyl (C=O) groups excluding carboxylic acids is 1. The van der Waals surface area contributed by atoms with Gasteiger partial charge in [0.05, 0.1) is 5.88 Å². The van der Waals surface area contributed by atoms with Crippen LogP contribution >= 0.6 is 11.6 Å². The van der Waals surface area contributed by atoms with Gasteiger partial charge in [0, 0.05) is 11.5 Å². The first-order chi connectivity index (χ1) is 17.8. The van der Waals surface area contributed by atoms with E-state index in [1.165, 1.54) is 51.4 Å². The molecule has 9 aliphatic carbocycles. The molecular formula is C35H55ClO3. The summed E-state index contributed by atoms with van der Waals surface area (Å²) in [4.78, 5) is 23.3. The minimum absolute atomic E-state index is 0.0210. The van der Waals surface area contributed by atoms with Gasteiger partial charge >= 0.3 is 5.97 Å². The number of carboxylic acid groups (broad SMARTS) is 1. The fourth-order valence-corrected chi connectivity index (χ4v) is 14.3. The summed E-state index contributed by atoms with van der Waals surface area (Å²) in [5, 5.41) is 7.60. The molecule has 3 nitrogen and oxygen atoms in total. The van der Waals surface area contributed by atoms with Crippen molar-refractivity contribution in [1.82, 2.24) is 0 Å². The van der Waals surface area contributed by atoms with Crippen molar-refractivity contribution in [3.63, 3.8) is 0 Å². The van der Waals surface area contributed by atoms with E-state index in [1.54, 1.807) is 0 Å². The predicted molar refractivity (Wildman–Crippen MR) is 160 cm³/mol. The first-order valence-electron chi connectivity index (χ1n) is 15.8. The van der Waals surface area contributed by atoms with Gasteiger partial charge in [0.15, 0.2) is 5.78 Å². The second-order valence-corrected chi connectivity index (χ2v) is 17.4. The van der Waals surface area contributed by atoms with Gasteiger partial charge in [0.1, 0.15) is 0 Å². The van der Waals surface area contributed by atoms with Crippen LogP contribution in [0, 0.1) is 67.0 Å². The first kappa shape index (κ1) is 29.7. The maximum absolute atomic E-state index is 14.1. The summed E-state index contributed by atoms with van der Waals surface area (Å²) in [6.45, 7) is 26.3. The van der Waals surface area contributed by atoms with Crippen LogP contribution in [0.15, 0.2) is 12.7 Å². The Morgan fingerprint density at radius 2 is 1.33 bits per heavy atom. The third-order valence-corrected chi connectivity index (χ3v) is 16.7. The number of carboxylic acids is 1. The molecule has 0 aromatic rings. The monoisotopic (exact) mass is 558 g/mol. The van der Waals surface area contributed by atoms with Crippen molar-refractivity contribution in [2.24, 2.45) is 67.0 Å². The number of fused-ring (bicyclic) bond motifs is 7. The average Bonchev–Trinajstić information content (AvgIpc) is 2.87. The molecule has 0 aromatic heterocycles. The molecule has 9 unspecified atom stereocenters. The Kier molecular flexibility index (Phi) is 6.37. The number of carbonyl (C=O) groups is 2. The smallest absolute Gasteiger partial charge is 0.327 e. The number of halogens is 1. The molecule has 9 aliphatic rings. The van der Waals surface area contributed by atoms with Crippen molar-refractivity contribution >= 4 is 23.4 Å². The van der Waals surface area contributed by atoms with Crippen LogP contribution < -0.4 is 0 Å². The quantitative estimate of drug-likeness (QED) is 0.270. The second-order valence-electron chi connectivity index (χ2n) is 17.2. The van der Waals surface area contributed by atoms with Crippen LogP contribution in [0.1, 0.15) is 120 Å². The highest BCUT2D eigenvalue weighted by Crippen LogP contribution is 2.92. The number of ketones is 1. The maximum Gasteiger partial charge on any atom is 0.327 e. The lowest BCUT2D eigenvalue weighted by atomic mass is 9.15. The van der Waals surface area contributed by atoms with Crippen LogP contribution in [0.4, 0.5) is 0 Å². The Labute approximate surface area is 243 Å². The lowest BCUT2D eigenvalue weighted by molar-refractivity contribution is -0.401. The molecule has 9 fully saturated rings. The highest BCUT2D eigenvalue weighted by Gasteiger charge is 2.87. The van der Waals surface area contributed by atoms with Crippen molar-refractivity contribution in [1.29, 1.82) is 0 Å². The summed E-state index contributed by atoms with van der Waals surface area (Å²) >= 11 is 6.49. The first-order valence-corrected chi connectivity index (χ1v) is 16.3. The third-order valence-electron chi connectivity index (χ3n) is 16.4. The number of Topliss-reactive ketones (excluding diaryl/α,β-unsaturated/α-hetero) is 1. The zero-order valence-corrected chi connectivity index (χ0v) is 27.1. The molecule has 0 radical (unpaired) electrons. The zero-order valence-electron chi connectivity index (χ0n) is 26.3. The van der Waals surface area contributed by atoms with Gasteiger partial charge in [-0.3, -0.25) is 4.79 Å². The molecular weight excluding hydrogens is 504 g/mol. The summed E-state index contributed by atoms with van der Waals surface area (Å²) in [5.41, 5.74) is 1.40. The summed E-state index contributed by atoms with van der Waals surface area (Å²) in [7, 11) is 0. The Bertz CT molecular complexity index is 1090. The van der Waals surface area contributed by atoms with Gasteiger partial charge in [-0.2, -0.15) is 0 Å². The van der Waals surface area contributed by atoms with Crippen LogP contribution in [0.25, 0.3) is 0 Å². The molecule has 4 heteroatoms. The van der Waals surface area contributed by atoms with E-state index in [0.717, 1.165) is 30.3 Å². The Morgan fingerprint density at radius 1 is 0.821 bits per heavy atom. The number of rotatable bonds is 5. The molecule has 9 saturated carbocycles. The fourth-order valence-electron chi connectivity index (χ4n) is 14.0. The zero-order chi connectivity index (χ0) is 29.2. The van der Waals surface area contributed by atoms with E-state index in [2.05, 4.69) is 68.9 Å². The van der Waals surface area contributed by atoms with Crippen LogP contribution in [-0.2, 0) is 9.59 Å². The maximum atomic E-state index is 14.1. The molecule has 0 aromatic carbocycles. The predicted octanol–water partition coefficient (Wildman–Crippen LogP) is 9.18. The fraction of sp³-hybridized carbons (Fsp3) is 0.886. The number of hydrogen-bond acceptors (Lipinski definition) is 2. The van der Waals surface area contributed by atoms with Crippen molar-refractivity contribution < 1.29 is 14.7 Å². The lowest BCUT2D eigenvalue weighted by Gasteiger charge is -2.88. The summed E-state index contributed by atoms with van der Waals surface area (Å²) in [6, 6.07) is 0. The van der Waals surface area contributed by atoms with E-state index < -0.39 is 5.97 Å². The summed E-state index contributed by atoms with van der Waals surface area (Å²) in [6.07, 6.45) is 12.8. The van der Waals surface area contributed by atoms with Crippen molar-refractivity contribution in [2.75, 3.05) is 5.88 Å². The Morgan fingerprint density at radius 3 is 1.77 bits per heavy atom. The lowest BCUT2D eigenvalue weighted by Crippen LogP contribution is -2.84. The molecule has 6 bridgehead atoms. The van der Waals surface area contributed by atoms with Crippen molar-refractivity contribution in [3.8, 4) is 0 Å². The van der Waals surface area contributed by atoms with E-state index >= 15 is 0 Å². The highest BCUT2D eigenvalue weighted by molar-refractivity contribution is 6.28. The van der Waals surface area contributed by atoms with E-state index in [0.29, 0.717) is 22.5 Å². The average molecular weight is 559 g/mol. The minimum atomic E-state index is -0.981. The van der Waals surface area contributed by atoms with Crippen LogP contribution in [-0.4, -0.2) is 22.7 Å². The molecule has 39 heavy (non-hydrogen) atoms. The molecule has 0 heterocycles. The van der Waals surface area contributed by atoms with Gasteiger partial charge in [-0.25, -0.2) is 4.79 Å². The van der Waals surface area contributed by atoms with Crippen molar-refractivity contribution in [3.05, 3.63) is 12.7 Å². The summed E-state index contributed by atoms with van der Waals surface area (Å²) in [5.74, 6) is 2.84. The summed E-state index contributed by atoms with van der Waals surface area (Å²) < 4.78 is 0. The van der Waals surface area contributed by atoms with Crippen molar-refractivity contribution in [2.45, 2.75) is 120 Å². The standard InChI is InChI=1S/C32H51ClO.C3H4O2/c1-25(2)20-10-13-28(7,23(25)16-20)29(8)14-11-22-18-32(29,27(22,5)6)30(9)15-12-21-17-31(30,24(34)19-33)26(21,3)4;1-2-3(4)5/h20-23H,10-19H2,1-9H3;2H,1H2,(H,4,5). The molecule has 0 spiro atoms. The van der Waals surface area contributed by atoms with Gasteiger partial charge in [-0.1, -0.05) is 68.9 Å². The Balaban J connectivity index is 0.000000567. The van der Waals surface area contributed by atoms with Gasteiger partial charge in [-0.15, -0.1) is 11.6 Å². The molecule has 0 saturated heterocycles. The topological polar surface area (TPSA) is 54.4 Å². The van der Waals surface area contributed by atoms with Gasteiger partial charge in [0.25, 0.3) is 0 Å². The number of aliphatic carboxylic acids is 1. The molecule has 0 amide bonds. The third kappa shape index (κ3) is 2.93. The van der Waals surface area contributed by atoms with E-state index in [9.17, 15) is 9.59 Å². The second kappa shape index (κ2) is 8.38. The number of hydrogen-bond donors (Lipinski definition) is 1. The van der Waals surface area contributed by atoms with Crippen LogP contribution in [0.2, 0.25) is 0 Å². The Hall–Kier alpha value is -0.830. The number of alkyl halides is 1. The highest BCUT2D eigenvalue weighted by atomic mass is 35.5. The van der Waals surface area contributed by atoms with Crippen LogP contribution in [0.5, 0.6) is 0 Å². The SMILES string of the molecule is C=CC(=O)O.CC1(C)C2CCC(C)(C3(C)CCC4CC3(C3(C)CCC5CC3(C(=O)CCl)C5(C)C)C4(C)C)C1C2. The normalized spacial score (nSPS) is 51.0. The van der Waals surface area contributed by atoms with Gasteiger partial charge in [0.2, 0.25) is 0 Å². The van der Waals surface area contributed by atoms with E-state index in [-0.39, 0.29) is 38.4 Å². The largest absolute Gasteiger partial charge is 0.478 e. The van der Waals surface area contributed by atoms with Gasteiger partial charge in [-0.05, 0) is 119 Å². The molecule has 1 N–H and O–H groups in total. The molecule has 9 atom stereocenters. The molecule has 220 valence electrons. The van der Waals surface area contributed by atoms with E-state index in [1.807, 2.05) is 0 Å². The minimum Gasteiger partial charge on any atom is -0.478 e. The van der Waals surface area contributed by atoms with Gasteiger partial charge < -0.3 is 5.11 Å². The van der Waals surface area contributed by atoms with Crippen LogP contribution in [0.3, 0.4) is 0 Å². The molecule has 0 aliphatic heterocycles.